The van der Waals surface area contributed by atoms with E-state index in [9.17, 15) is 9.59 Å². The Kier molecular flexibility index (Phi) is 4.04. The summed E-state index contributed by atoms with van der Waals surface area (Å²) in [5.74, 6) is -1.38. The Morgan fingerprint density at radius 2 is 2.00 bits per heavy atom. The van der Waals surface area contributed by atoms with Gasteiger partial charge in [0.25, 0.3) is 0 Å². The Hall–Kier alpha value is -1.32. The molecule has 0 aromatic rings. The maximum Gasteiger partial charge on any atom is 0.351 e. The van der Waals surface area contributed by atoms with Crippen LogP contribution in [0.1, 0.15) is 19.8 Å². The lowest BCUT2D eigenvalue weighted by Gasteiger charge is -2.15. The van der Waals surface area contributed by atoms with Crippen molar-refractivity contribution in [3.63, 3.8) is 0 Å². The van der Waals surface area contributed by atoms with Crippen LogP contribution in [0.4, 0.5) is 0 Å². The molecule has 1 amide bonds. The van der Waals surface area contributed by atoms with Gasteiger partial charge in [0.15, 0.2) is 0 Å². The third-order valence-corrected chi connectivity index (χ3v) is 1.49. The molecule has 0 fully saturated rings. The van der Waals surface area contributed by atoms with Crippen molar-refractivity contribution in [2.45, 2.75) is 19.8 Å². The van der Waals surface area contributed by atoms with Crippen molar-refractivity contribution in [1.29, 1.82) is 0 Å². The first kappa shape index (κ1) is 10.7. The number of likely N-dealkylation sites (N-methyl/N-ethyl adjacent to an activating group) is 1. The van der Waals surface area contributed by atoms with E-state index in [1.165, 1.54) is 7.05 Å². The van der Waals surface area contributed by atoms with Gasteiger partial charge in [0.2, 0.25) is 5.91 Å². The topological polar surface area (TPSA) is 57.6 Å². The molecule has 4 nitrogen and oxygen atoms in total. The molecule has 0 radical (unpaired) electrons. The standard InChI is InChI=1S/C8H13NO3/c1-4-5-7(10)9(3)6(2)8(11)12/h2,4-5H2,1,3H3,(H,11,12). The third-order valence-electron chi connectivity index (χ3n) is 1.49. The maximum atomic E-state index is 11.1. The molecule has 0 unspecified atom stereocenters. The summed E-state index contributed by atoms with van der Waals surface area (Å²) in [6.45, 7) is 5.12. The Bertz CT molecular complexity index is 210. The molecule has 0 rings (SSSR count). The van der Waals surface area contributed by atoms with E-state index >= 15 is 0 Å². The molecule has 0 aliphatic rings. The summed E-state index contributed by atoms with van der Waals surface area (Å²) in [5, 5.41) is 8.48. The zero-order valence-corrected chi connectivity index (χ0v) is 7.33. The number of amides is 1. The summed E-state index contributed by atoms with van der Waals surface area (Å²) < 4.78 is 0. The lowest BCUT2D eigenvalue weighted by Crippen LogP contribution is -2.28. The fourth-order valence-electron chi connectivity index (χ4n) is 0.676. The van der Waals surface area contributed by atoms with Crippen molar-refractivity contribution in [2.24, 2.45) is 0 Å². The molecule has 0 saturated heterocycles. The zero-order valence-electron chi connectivity index (χ0n) is 7.33. The van der Waals surface area contributed by atoms with Gasteiger partial charge in [-0.3, -0.25) is 4.79 Å². The molecule has 12 heavy (non-hydrogen) atoms. The average molecular weight is 171 g/mol. The van der Waals surface area contributed by atoms with Gasteiger partial charge in [-0.25, -0.2) is 4.79 Å². The van der Waals surface area contributed by atoms with Crippen LogP contribution in [-0.4, -0.2) is 28.9 Å². The fraction of sp³-hybridized carbons (Fsp3) is 0.500. The second kappa shape index (κ2) is 4.54. The zero-order chi connectivity index (χ0) is 9.72. The van der Waals surface area contributed by atoms with Crippen molar-refractivity contribution < 1.29 is 14.7 Å². The van der Waals surface area contributed by atoms with E-state index < -0.39 is 5.97 Å². The molecule has 1 N–H and O–H groups in total. The first-order valence-electron chi connectivity index (χ1n) is 3.69. The van der Waals surface area contributed by atoms with Crippen LogP contribution in [0.3, 0.4) is 0 Å². The van der Waals surface area contributed by atoms with Crippen molar-refractivity contribution in [1.82, 2.24) is 4.90 Å². The summed E-state index contributed by atoms with van der Waals surface area (Å²) >= 11 is 0. The quantitative estimate of drug-likeness (QED) is 0.638. The van der Waals surface area contributed by atoms with E-state index in [-0.39, 0.29) is 11.6 Å². The van der Waals surface area contributed by atoms with Gasteiger partial charge in [-0.05, 0) is 6.42 Å². The molecule has 0 spiro atoms. The van der Waals surface area contributed by atoms with E-state index in [2.05, 4.69) is 6.58 Å². The summed E-state index contributed by atoms with van der Waals surface area (Å²) in [5.41, 5.74) is -0.187. The summed E-state index contributed by atoms with van der Waals surface area (Å²) in [4.78, 5) is 22.5. The van der Waals surface area contributed by atoms with Gasteiger partial charge in [0, 0.05) is 13.5 Å². The largest absolute Gasteiger partial charge is 0.477 e. The van der Waals surface area contributed by atoms with E-state index in [0.29, 0.717) is 12.8 Å². The second-order valence-corrected chi connectivity index (χ2v) is 2.45. The number of hydrogen-bond donors (Lipinski definition) is 1. The minimum absolute atomic E-state index is 0.187. The Morgan fingerprint density at radius 3 is 2.33 bits per heavy atom. The van der Waals surface area contributed by atoms with E-state index in [1.807, 2.05) is 6.92 Å². The molecule has 4 heteroatoms. The van der Waals surface area contributed by atoms with Crippen molar-refractivity contribution in [2.75, 3.05) is 7.05 Å². The van der Waals surface area contributed by atoms with Gasteiger partial charge in [-0.15, -0.1) is 0 Å². The molecule has 0 aliphatic heterocycles. The predicted molar refractivity (Wildman–Crippen MR) is 44.5 cm³/mol. The first-order chi connectivity index (χ1) is 5.50. The Balaban J connectivity index is 4.19. The van der Waals surface area contributed by atoms with Crippen LogP contribution in [0, 0.1) is 0 Å². The highest BCUT2D eigenvalue weighted by atomic mass is 16.4. The minimum atomic E-state index is -1.16. The van der Waals surface area contributed by atoms with Gasteiger partial charge < -0.3 is 10.0 Å². The smallest absolute Gasteiger partial charge is 0.351 e. The predicted octanol–water partition coefficient (Wildman–Crippen LogP) is 0.843. The van der Waals surface area contributed by atoms with Crippen LogP contribution in [0.15, 0.2) is 12.3 Å². The monoisotopic (exact) mass is 171 g/mol. The molecular formula is C8H13NO3. The second-order valence-electron chi connectivity index (χ2n) is 2.45. The number of carbonyl (C=O) groups excluding carboxylic acids is 1. The van der Waals surface area contributed by atoms with Crippen LogP contribution < -0.4 is 0 Å². The summed E-state index contributed by atoms with van der Waals surface area (Å²) in [6.07, 6.45) is 1.05. The number of carboxylic acid groups (broad SMARTS) is 1. The number of hydrogen-bond acceptors (Lipinski definition) is 2. The first-order valence-corrected chi connectivity index (χ1v) is 3.69. The highest BCUT2D eigenvalue weighted by Gasteiger charge is 2.15. The number of aliphatic carboxylic acids is 1. The SMILES string of the molecule is C=C(C(=O)O)N(C)C(=O)CCC. The fourth-order valence-corrected chi connectivity index (χ4v) is 0.676. The Labute approximate surface area is 71.5 Å². The van der Waals surface area contributed by atoms with Crippen molar-refractivity contribution in [3.05, 3.63) is 12.3 Å². The van der Waals surface area contributed by atoms with Gasteiger partial charge in [0.05, 0.1) is 0 Å². The number of carbonyl (C=O) groups is 2. The van der Waals surface area contributed by atoms with Gasteiger partial charge in [0.1, 0.15) is 5.70 Å². The van der Waals surface area contributed by atoms with Crippen LogP contribution >= 0.6 is 0 Å². The van der Waals surface area contributed by atoms with Crippen LogP contribution in [0.2, 0.25) is 0 Å². The third kappa shape index (κ3) is 2.74. The molecule has 68 valence electrons. The number of nitrogens with zero attached hydrogens (tertiary/aromatic N) is 1. The number of carboxylic acids is 1. The molecule has 0 heterocycles. The van der Waals surface area contributed by atoms with E-state index in [0.717, 1.165) is 4.90 Å². The molecule has 0 saturated carbocycles. The van der Waals surface area contributed by atoms with Crippen LogP contribution in [0.5, 0.6) is 0 Å². The highest BCUT2D eigenvalue weighted by Crippen LogP contribution is 2.02. The molecule has 0 aliphatic carbocycles. The highest BCUT2D eigenvalue weighted by molar-refractivity contribution is 5.91. The van der Waals surface area contributed by atoms with Gasteiger partial charge >= 0.3 is 5.97 Å². The summed E-state index contributed by atoms with van der Waals surface area (Å²) in [6, 6.07) is 0. The van der Waals surface area contributed by atoms with Crippen LogP contribution in [-0.2, 0) is 9.59 Å². The molecular weight excluding hydrogens is 158 g/mol. The lowest BCUT2D eigenvalue weighted by molar-refractivity contribution is -0.138. The van der Waals surface area contributed by atoms with Crippen molar-refractivity contribution >= 4 is 11.9 Å². The molecule has 0 atom stereocenters. The summed E-state index contributed by atoms with van der Waals surface area (Å²) in [7, 11) is 1.41. The molecule has 0 bridgehead atoms. The average Bonchev–Trinajstić information content (AvgIpc) is 2.02. The van der Waals surface area contributed by atoms with E-state index in [1.54, 1.807) is 0 Å². The van der Waals surface area contributed by atoms with E-state index in [4.69, 9.17) is 5.11 Å². The van der Waals surface area contributed by atoms with Gasteiger partial charge in [-0.1, -0.05) is 13.5 Å². The minimum Gasteiger partial charge on any atom is -0.477 e. The molecule has 0 aromatic carbocycles. The van der Waals surface area contributed by atoms with Crippen molar-refractivity contribution in [3.8, 4) is 0 Å². The van der Waals surface area contributed by atoms with Gasteiger partial charge in [-0.2, -0.15) is 0 Å². The Morgan fingerprint density at radius 1 is 1.50 bits per heavy atom. The molecule has 0 aromatic heterocycles. The maximum absolute atomic E-state index is 11.1. The normalized spacial score (nSPS) is 9.17. The van der Waals surface area contributed by atoms with Crippen LogP contribution in [0.25, 0.3) is 0 Å². The number of rotatable bonds is 4. The lowest BCUT2D eigenvalue weighted by atomic mass is 10.3.